The molecule has 0 spiro atoms. The molecule has 0 bridgehead atoms. The van der Waals surface area contributed by atoms with Gasteiger partial charge in [-0.15, -0.1) is 0 Å². The van der Waals surface area contributed by atoms with E-state index in [0.717, 1.165) is 12.1 Å². The van der Waals surface area contributed by atoms with Gasteiger partial charge in [-0.2, -0.15) is 0 Å². The predicted molar refractivity (Wildman–Crippen MR) is 77.5 cm³/mol. The van der Waals surface area contributed by atoms with Crippen molar-refractivity contribution in [2.45, 2.75) is 11.8 Å². The molecule has 21 heavy (non-hydrogen) atoms. The first-order valence-corrected chi connectivity index (χ1v) is 8.18. The molecule has 1 heterocycles. The zero-order valence-corrected chi connectivity index (χ0v) is 13.3. The first-order valence-electron chi connectivity index (χ1n) is 5.94. The maximum Gasteiger partial charge on any atom is 0.337 e. The van der Waals surface area contributed by atoms with Crippen molar-refractivity contribution >= 4 is 39.2 Å². The molecule has 2 N–H and O–H groups in total. The lowest BCUT2D eigenvalue weighted by molar-refractivity contribution is -0.0965. The van der Waals surface area contributed by atoms with E-state index in [1.807, 2.05) is 6.92 Å². The van der Waals surface area contributed by atoms with E-state index in [-0.39, 0.29) is 32.5 Å². The summed E-state index contributed by atoms with van der Waals surface area (Å²) in [5, 5.41) is 8.74. The summed E-state index contributed by atoms with van der Waals surface area (Å²) in [4.78, 5) is 10.7. The number of hydrogen-bond acceptors (Lipinski definition) is 4. The first kappa shape index (κ1) is 16.5. The maximum atomic E-state index is 12.3. The van der Waals surface area contributed by atoms with Crippen molar-refractivity contribution in [2.75, 3.05) is 19.8 Å². The predicted octanol–water partition coefficient (Wildman–Crippen LogP) is 2.01. The van der Waals surface area contributed by atoms with Gasteiger partial charge in [-0.25, -0.2) is 17.9 Å². The number of nitrogens with one attached hydrogen (secondary N) is 1. The van der Waals surface area contributed by atoms with Crippen molar-refractivity contribution < 1.29 is 23.1 Å². The number of ether oxygens (including phenoxy) is 1. The molecule has 0 aromatic heterocycles. The zero-order chi connectivity index (χ0) is 15.8. The van der Waals surface area contributed by atoms with Crippen molar-refractivity contribution in [3.05, 3.63) is 27.7 Å². The van der Waals surface area contributed by atoms with Gasteiger partial charge in [0.2, 0.25) is 10.0 Å². The van der Waals surface area contributed by atoms with Gasteiger partial charge in [-0.05, 0) is 12.1 Å². The second kappa shape index (κ2) is 5.73. The Balaban J connectivity index is 2.30. The average Bonchev–Trinajstić information content (AvgIpc) is 2.33. The van der Waals surface area contributed by atoms with Gasteiger partial charge in [0.05, 0.1) is 28.8 Å². The van der Waals surface area contributed by atoms with Gasteiger partial charge in [0.25, 0.3) is 0 Å². The van der Waals surface area contributed by atoms with E-state index >= 15 is 0 Å². The van der Waals surface area contributed by atoms with Crippen molar-refractivity contribution in [3.8, 4) is 0 Å². The molecule has 0 atom stereocenters. The third-order valence-electron chi connectivity index (χ3n) is 3.13. The van der Waals surface area contributed by atoms with Crippen molar-refractivity contribution in [1.29, 1.82) is 0 Å². The number of halogens is 2. The van der Waals surface area contributed by atoms with Crippen molar-refractivity contribution in [2.24, 2.45) is 5.41 Å². The molecule has 1 aromatic rings. The molecule has 1 aliphatic heterocycles. The fourth-order valence-electron chi connectivity index (χ4n) is 1.80. The minimum absolute atomic E-state index is 0.120. The molecular formula is C12H13Cl2NO5S. The highest BCUT2D eigenvalue weighted by Crippen LogP contribution is 2.30. The van der Waals surface area contributed by atoms with Crippen LogP contribution in [0, 0.1) is 5.41 Å². The van der Waals surface area contributed by atoms with Crippen LogP contribution in [0.15, 0.2) is 17.0 Å². The second-order valence-corrected chi connectivity index (χ2v) is 7.75. The quantitative estimate of drug-likeness (QED) is 0.844. The highest BCUT2D eigenvalue weighted by molar-refractivity contribution is 7.89. The van der Waals surface area contributed by atoms with E-state index < -0.39 is 16.0 Å². The number of benzene rings is 1. The Kier molecular flexibility index (Phi) is 4.51. The number of rotatable bonds is 5. The SMILES string of the molecule is CC1(CNS(=O)(=O)c2cc(C(=O)O)c(Cl)cc2Cl)COC1. The molecule has 9 heteroatoms. The van der Waals surface area contributed by atoms with Crippen molar-refractivity contribution in [3.63, 3.8) is 0 Å². The van der Waals surface area contributed by atoms with Crippen LogP contribution < -0.4 is 4.72 Å². The first-order chi connectivity index (χ1) is 9.65. The summed E-state index contributed by atoms with van der Waals surface area (Å²) < 4.78 is 32.0. The number of sulfonamides is 1. The Labute approximate surface area is 132 Å². The van der Waals surface area contributed by atoms with Gasteiger partial charge < -0.3 is 9.84 Å². The minimum atomic E-state index is -3.93. The summed E-state index contributed by atoms with van der Waals surface area (Å²) in [6.45, 7) is 2.98. The standard InChI is InChI=1S/C12H13Cl2NO5S/c1-12(5-20-6-12)4-15-21(18,19)10-2-7(11(16)17)8(13)3-9(10)14/h2-3,15H,4-6H2,1H3,(H,16,17). The van der Waals surface area contributed by atoms with Crippen LogP contribution in [0.2, 0.25) is 10.0 Å². The fraction of sp³-hybridized carbons (Fsp3) is 0.417. The van der Waals surface area contributed by atoms with E-state index in [9.17, 15) is 13.2 Å². The number of carbonyl (C=O) groups is 1. The lowest BCUT2D eigenvalue weighted by Crippen LogP contribution is -2.48. The molecule has 6 nitrogen and oxygen atoms in total. The summed E-state index contributed by atoms with van der Waals surface area (Å²) in [5.74, 6) is -1.33. The van der Waals surface area contributed by atoms with Crippen LogP contribution in [0.3, 0.4) is 0 Å². The third kappa shape index (κ3) is 3.49. The maximum absolute atomic E-state index is 12.3. The Hall–Kier alpha value is -0.860. The van der Waals surface area contributed by atoms with Gasteiger partial charge in [0.15, 0.2) is 0 Å². The molecule has 1 aliphatic rings. The van der Waals surface area contributed by atoms with Gasteiger partial charge >= 0.3 is 5.97 Å². The summed E-state index contributed by atoms with van der Waals surface area (Å²) in [6.07, 6.45) is 0. The van der Waals surface area contributed by atoms with Crippen LogP contribution in [0.5, 0.6) is 0 Å². The molecule has 0 saturated carbocycles. The molecule has 1 saturated heterocycles. The normalized spacial score (nSPS) is 17.3. The number of carboxylic acids is 1. The smallest absolute Gasteiger partial charge is 0.337 e. The summed E-state index contributed by atoms with van der Waals surface area (Å²) >= 11 is 11.6. The van der Waals surface area contributed by atoms with E-state index in [0.29, 0.717) is 13.2 Å². The molecule has 116 valence electrons. The summed E-state index contributed by atoms with van der Waals surface area (Å²) in [5.41, 5.74) is -0.582. The van der Waals surface area contributed by atoms with Crippen LogP contribution >= 0.6 is 23.2 Å². The van der Waals surface area contributed by atoms with Crippen LogP contribution in [-0.4, -0.2) is 39.3 Å². The topological polar surface area (TPSA) is 92.7 Å². The van der Waals surface area contributed by atoms with Crippen LogP contribution in [0.1, 0.15) is 17.3 Å². The fourth-order valence-corrected chi connectivity index (χ4v) is 3.85. The number of aromatic carboxylic acids is 1. The van der Waals surface area contributed by atoms with E-state index in [2.05, 4.69) is 4.72 Å². The highest BCUT2D eigenvalue weighted by atomic mass is 35.5. The Bertz CT molecular complexity index is 685. The lowest BCUT2D eigenvalue weighted by Gasteiger charge is -2.37. The summed E-state index contributed by atoms with van der Waals surface area (Å²) in [6, 6.07) is 2.06. The minimum Gasteiger partial charge on any atom is -0.478 e. The monoisotopic (exact) mass is 353 g/mol. The molecule has 1 fully saturated rings. The van der Waals surface area contributed by atoms with Gasteiger partial charge in [0, 0.05) is 12.0 Å². The van der Waals surface area contributed by atoms with E-state index in [1.165, 1.54) is 0 Å². The molecule has 0 unspecified atom stereocenters. The molecule has 2 rings (SSSR count). The highest BCUT2D eigenvalue weighted by Gasteiger charge is 2.35. The zero-order valence-electron chi connectivity index (χ0n) is 11.0. The Morgan fingerprint density at radius 3 is 2.48 bits per heavy atom. The summed E-state index contributed by atoms with van der Waals surface area (Å²) in [7, 11) is -3.93. The van der Waals surface area contributed by atoms with Crippen LogP contribution in [0.4, 0.5) is 0 Å². The largest absolute Gasteiger partial charge is 0.478 e. The van der Waals surface area contributed by atoms with Crippen LogP contribution in [0.25, 0.3) is 0 Å². The second-order valence-electron chi connectivity index (χ2n) is 5.20. The van der Waals surface area contributed by atoms with Gasteiger partial charge in [-0.3, -0.25) is 0 Å². The van der Waals surface area contributed by atoms with E-state index in [1.54, 1.807) is 0 Å². The Morgan fingerprint density at radius 2 is 2.00 bits per heavy atom. The number of hydrogen-bond donors (Lipinski definition) is 2. The van der Waals surface area contributed by atoms with Crippen molar-refractivity contribution in [1.82, 2.24) is 4.72 Å². The van der Waals surface area contributed by atoms with Crippen LogP contribution in [-0.2, 0) is 14.8 Å². The molecule has 0 aliphatic carbocycles. The lowest BCUT2D eigenvalue weighted by atomic mass is 9.89. The molecule has 0 radical (unpaired) electrons. The van der Waals surface area contributed by atoms with Gasteiger partial charge in [0.1, 0.15) is 4.90 Å². The van der Waals surface area contributed by atoms with E-state index in [4.69, 9.17) is 33.0 Å². The third-order valence-corrected chi connectivity index (χ3v) is 5.31. The number of carboxylic acid groups (broad SMARTS) is 1. The molecule has 0 amide bonds. The molecular weight excluding hydrogens is 341 g/mol. The molecule has 1 aromatic carbocycles. The average molecular weight is 354 g/mol. The van der Waals surface area contributed by atoms with Gasteiger partial charge in [-0.1, -0.05) is 30.1 Å². The Morgan fingerprint density at radius 1 is 1.38 bits per heavy atom.